The van der Waals surface area contributed by atoms with Crippen LogP contribution in [0.15, 0.2) is 72.8 Å². The molecule has 0 spiro atoms. The molecular formula is C33H41N5O6. The van der Waals surface area contributed by atoms with Gasteiger partial charge in [0.05, 0.1) is 23.7 Å². The van der Waals surface area contributed by atoms with Gasteiger partial charge in [0.15, 0.2) is 6.29 Å². The summed E-state index contributed by atoms with van der Waals surface area (Å²) in [5.74, 6) is 0.0690. The van der Waals surface area contributed by atoms with E-state index in [0.29, 0.717) is 13.1 Å². The second kappa shape index (κ2) is 14.6. The minimum atomic E-state index is -0.564. The van der Waals surface area contributed by atoms with E-state index in [0.717, 1.165) is 60.7 Å². The van der Waals surface area contributed by atoms with Gasteiger partial charge in [-0.25, -0.2) is 4.79 Å². The molecular weight excluding hydrogens is 562 g/mol. The fraction of sp³-hybridized carbons (Fsp3) is 0.424. The Hall–Kier alpha value is -4.03. The molecule has 3 N–H and O–H groups in total. The highest BCUT2D eigenvalue weighted by Crippen LogP contribution is 2.42. The molecule has 2 heterocycles. The summed E-state index contributed by atoms with van der Waals surface area (Å²) >= 11 is 0. The van der Waals surface area contributed by atoms with E-state index < -0.39 is 6.29 Å². The van der Waals surface area contributed by atoms with Crippen LogP contribution >= 0.6 is 0 Å². The fourth-order valence-corrected chi connectivity index (χ4v) is 5.75. The molecule has 234 valence electrons. The van der Waals surface area contributed by atoms with Crippen molar-refractivity contribution in [2.75, 3.05) is 44.2 Å². The standard InChI is InChI=1S/C33H41N5O6/c1-3-34-33(40)35-20-24-4-10-27(11-5-24)32-43-30(23(2)31(44-32)26-8-6-25(22-39)7-9-26)21-36-16-18-37(19-17-36)28-12-14-29(15-13-28)38(41)42/h4-15,23,30-32,39H,3,16-22H2,1-2H3,(H2,34,35,40)/t23-,30+,31+,32+/m0/s1. The molecule has 3 aromatic carbocycles. The zero-order valence-corrected chi connectivity index (χ0v) is 25.2. The Balaban J connectivity index is 1.27. The van der Waals surface area contributed by atoms with Crippen molar-refractivity contribution in [3.8, 4) is 0 Å². The maximum atomic E-state index is 11.8. The Bertz CT molecular complexity index is 1380. The molecule has 2 fully saturated rings. The van der Waals surface area contributed by atoms with Crippen LogP contribution in [0.2, 0.25) is 0 Å². The third-order valence-corrected chi connectivity index (χ3v) is 8.40. The van der Waals surface area contributed by atoms with Crippen molar-refractivity contribution in [3.63, 3.8) is 0 Å². The summed E-state index contributed by atoms with van der Waals surface area (Å²) in [7, 11) is 0. The van der Waals surface area contributed by atoms with Gasteiger partial charge in [-0.3, -0.25) is 15.0 Å². The van der Waals surface area contributed by atoms with Gasteiger partial charge in [-0.15, -0.1) is 0 Å². The number of nitrogens with zero attached hydrogens (tertiary/aromatic N) is 3. The van der Waals surface area contributed by atoms with E-state index in [1.165, 1.54) is 0 Å². The highest BCUT2D eigenvalue weighted by molar-refractivity contribution is 5.73. The second-order valence-electron chi connectivity index (χ2n) is 11.3. The van der Waals surface area contributed by atoms with E-state index >= 15 is 0 Å². The molecule has 2 aliphatic rings. The molecule has 0 bridgehead atoms. The number of ether oxygens (including phenoxy) is 2. The van der Waals surface area contributed by atoms with Gasteiger partial charge >= 0.3 is 6.03 Å². The molecule has 2 amide bonds. The highest BCUT2D eigenvalue weighted by Gasteiger charge is 2.39. The Labute approximate surface area is 257 Å². The first-order valence-electron chi connectivity index (χ1n) is 15.2. The smallest absolute Gasteiger partial charge is 0.315 e. The number of carbonyl (C=O) groups excluding carboxylic acids is 1. The zero-order chi connectivity index (χ0) is 31.1. The Morgan fingerprint density at radius 1 is 0.909 bits per heavy atom. The quantitative estimate of drug-likeness (QED) is 0.228. The zero-order valence-electron chi connectivity index (χ0n) is 25.2. The summed E-state index contributed by atoms with van der Waals surface area (Å²) in [5.41, 5.74) is 4.86. The lowest BCUT2D eigenvalue weighted by Gasteiger charge is -2.44. The number of non-ortho nitro benzene ring substituents is 1. The Morgan fingerprint density at radius 3 is 2.16 bits per heavy atom. The van der Waals surface area contributed by atoms with Gasteiger partial charge < -0.3 is 30.1 Å². The maximum absolute atomic E-state index is 11.8. The van der Waals surface area contributed by atoms with Crippen LogP contribution < -0.4 is 15.5 Å². The number of nitrogens with one attached hydrogen (secondary N) is 2. The number of amides is 2. The summed E-state index contributed by atoms with van der Waals surface area (Å²) < 4.78 is 13.2. The van der Waals surface area contributed by atoms with E-state index in [1.807, 2.05) is 67.6 Å². The summed E-state index contributed by atoms with van der Waals surface area (Å²) in [6.07, 6.45) is -0.862. The van der Waals surface area contributed by atoms with Crippen molar-refractivity contribution in [2.45, 2.75) is 45.5 Å². The number of nitro benzene ring substituents is 1. The van der Waals surface area contributed by atoms with Crippen LogP contribution in [0, 0.1) is 16.0 Å². The number of benzene rings is 3. The van der Waals surface area contributed by atoms with Gasteiger partial charge in [0.1, 0.15) is 0 Å². The Morgan fingerprint density at radius 2 is 1.55 bits per heavy atom. The molecule has 2 saturated heterocycles. The summed E-state index contributed by atoms with van der Waals surface area (Å²) in [6, 6.07) is 22.4. The predicted octanol–water partition coefficient (Wildman–Crippen LogP) is 4.52. The lowest BCUT2D eigenvalue weighted by molar-refractivity contribution is -0.384. The maximum Gasteiger partial charge on any atom is 0.315 e. The van der Waals surface area contributed by atoms with Crippen molar-refractivity contribution in [3.05, 3.63) is 105 Å². The minimum absolute atomic E-state index is 0.0110. The van der Waals surface area contributed by atoms with Crippen LogP contribution in [0.25, 0.3) is 0 Å². The van der Waals surface area contributed by atoms with Crippen LogP contribution in [0.3, 0.4) is 0 Å². The molecule has 0 unspecified atom stereocenters. The third kappa shape index (κ3) is 7.72. The first-order chi connectivity index (χ1) is 21.3. The van der Waals surface area contributed by atoms with Crippen molar-refractivity contribution in [2.24, 2.45) is 5.92 Å². The fourth-order valence-electron chi connectivity index (χ4n) is 5.75. The predicted molar refractivity (Wildman–Crippen MR) is 167 cm³/mol. The largest absolute Gasteiger partial charge is 0.392 e. The molecule has 4 atom stereocenters. The number of piperazine rings is 1. The van der Waals surface area contributed by atoms with E-state index in [4.69, 9.17) is 9.47 Å². The molecule has 3 aromatic rings. The first kappa shape index (κ1) is 31.4. The van der Waals surface area contributed by atoms with Gasteiger partial charge in [0, 0.05) is 75.1 Å². The lowest BCUT2D eigenvalue weighted by atomic mass is 9.90. The van der Waals surface area contributed by atoms with E-state index in [2.05, 4.69) is 27.4 Å². The summed E-state index contributed by atoms with van der Waals surface area (Å²) in [6.45, 7) is 9.09. The van der Waals surface area contributed by atoms with Gasteiger partial charge in [0.25, 0.3) is 5.69 Å². The van der Waals surface area contributed by atoms with Crippen molar-refractivity contribution in [1.82, 2.24) is 15.5 Å². The van der Waals surface area contributed by atoms with Crippen molar-refractivity contribution < 1.29 is 24.3 Å². The van der Waals surface area contributed by atoms with E-state index in [-0.39, 0.29) is 41.4 Å². The number of rotatable bonds is 10. The number of carbonyl (C=O) groups is 1. The molecule has 0 saturated carbocycles. The van der Waals surface area contributed by atoms with Crippen LogP contribution in [0.4, 0.5) is 16.2 Å². The van der Waals surface area contributed by atoms with Crippen LogP contribution in [-0.2, 0) is 22.6 Å². The van der Waals surface area contributed by atoms with Crippen molar-refractivity contribution >= 4 is 17.4 Å². The third-order valence-electron chi connectivity index (χ3n) is 8.40. The lowest BCUT2D eigenvalue weighted by Crippen LogP contribution is -2.51. The van der Waals surface area contributed by atoms with Crippen LogP contribution in [0.5, 0.6) is 0 Å². The molecule has 2 aliphatic heterocycles. The summed E-state index contributed by atoms with van der Waals surface area (Å²) in [5, 5.41) is 26.1. The average Bonchev–Trinajstić information content (AvgIpc) is 3.05. The van der Waals surface area contributed by atoms with Crippen molar-refractivity contribution in [1.29, 1.82) is 0 Å². The molecule has 0 aliphatic carbocycles. The first-order valence-corrected chi connectivity index (χ1v) is 15.2. The molecule has 5 rings (SSSR count). The number of hydrogen-bond donors (Lipinski definition) is 3. The monoisotopic (exact) mass is 603 g/mol. The number of aliphatic hydroxyl groups is 1. The van der Waals surface area contributed by atoms with Gasteiger partial charge in [-0.1, -0.05) is 55.5 Å². The topological polar surface area (TPSA) is 129 Å². The minimum Gasteiger partial charge on any atom is -0.392 e. The van der Waals surface area contributed by atoms with Crippen LogP contribution in [-0.4, -0.2) is 66.3 Å². The van der Waals surface area contributed by atoms with E-state index in [9.17, 15) is 20.0 Å². The SMILES string of the molecule is CCNC(=O)NCc1ccc([C@@H]2O[C@H](CN3CCN(c4ccc([N+](=O)[O-])cc4)CC3)[C@H](C)[C@H](c3ccc(CO)cc3)O2)cc1. The van der Waals surface area contributed by atoms with Crippen LogP contribution in [0.1, 0.15) is 48.5 Å². The highest BCUT2D eigenvalue weighted by atomic mass is 16.7. The molecule has 44 heavy (non-hydrogen) atoms. The second-order valence-corrected chi connectivity index (χ2v) is 11.3. The number of anilines is 1. The number of aliphatic hydroxyl groups excluding tert-OH is 1. The molecule has 11 heteroatoms. The summed E-state index contributed by atoms with van der Waals surface area (Å²) in [4.78, 5) is 27.1. The molecule has 11 nitrogen and oxygen atoms in total. The van der Waals surface area contributed by atoms with Gasteiger partial charge in [-0.2, -0.15) is 0 Å². The normalized spacial score (nSPS) is 22.4. The van der Waals surface area contributed by atoms with Gasteiger partial charge in [-0.05, 0) is 35.7 Å². The number of urea groups is 1. The average molecular weight is 604 g/mol. The molecule has 0 aromatic heterocycles. The van der Waals surface area contributed by atoms with E-state index in [1.54, 1.807) is 12.1 Å². The number of hydrogen-bond acceptors (Lipinski definition) is 8. The Kier molecular flexibility index (Phi) is 10.4. The molecule has 0 radical (unpaired) electrons. The van der Waals surface area contributed by atoms with Gasteiger partial charge in [0.2, 0.25) is 0 Å². The number of nitro groups is 1.